The number of halogens is 1. The van der Waals surface area contributed by atoms with Crippen molar-refractivity contribution in [1.82, 2.24) is 15.5 Å². The van der Waals surface area contributed by atoms with Crippen molar-refractivity contribution < 1.29 is 9.59 Å². The fourth-order valence-electron chi connectivity index (χ4n) is 4.30. The van der Waals surface area contributed by atoms with E-state index >= 15 is 0 Å². The van der Waals surface area contributed by atoms with Crippen molar-refractivity contribution >= 4 is 35.6 Å². The number of amides is 2. The smallest absolute Gasteiger partial charge is 0.242 e. The van der Waals surface area contributed by atoms with Gasteiger partial charge in [0.25, 0.3) is 0 Å². The highest BCUT2D eigenvalue weighted by molar-refractivity contribution is 7.07. The highest BCUT2D eigenvalue weighted by Crippen LogP contribution is 2.56. The lowest BCUT2D eigenvalue weighted by Crippen LogP contribution is -2.44. The van der Waals surface area contributed by atoms with Crippen LogP contribution in [0, 0.1) is 5.41 Å². The Morgan fingerprint density at radius 2 is 1.90 bits per heavy atom. The van der Waals surface area contributed by atoms with Gasteiger partial charge in [-0.1, -0.05) is 30.3 Å². The Labute approximate surface area is 182 Å². The number of thiophene rings is 1. The lowest BCUT2D eigenvalue weighted by atomic mass is 9.93. The van der Waals surface area contributed by atoms with Crippen LogP contribution in [0.25, 0.3) is 0 Å². The van der Waals surface area contributed by atoms with Gasteiger partial charge in [-0.25, -0.2) is 0 Å². The van der Waals surface area contributed by atoms with Gasteiger partial charge in [-0.05, 0) is 65.7 Å². The number of piperidine rings is 1. The normalized spacial score (nSPS) is 19.2. The van der Waals surface area contributed by atoms with Crippen molar-refractivity contribution in [2.75, 3.05) is 19.6 Å². The molecule has 7 heteroatoms. The summed E-state index contributed by atoms with van der Waals surface area (Å²) in [5.74, 6) is -0.0876. The molecule has 1 saturated heterocycles. The van der Waals surface area contributed by atoms with E-state index in [2.05, 4.69) is 22.1 Å². The molecule has 156 valence electrons. The molecule has 0 bridgehead atoms. The van der Waals surface area contributed by atoms with Crippen molar-refractivity contribution in [2.24, 2.45) is 5.41 Å². The standard InChI is InChI=1S/C22H27N3O2S.ClH/c26-20(12-17-4-2-1-3-5-17)24-14-21(27)25(15-18-6-11-28-16-18)19-13-22(19)7-9-23-10-8-22;/h1-6,11,16,19,23H,7-10,12-15H2,(H,24,26);1H. The van der Waals surface area contributed by atoms with Crippen LogP contribution in [-0.4, -0.2) is 42.4 Å². The first kappa shape index (κ1) is 21.8. The zero-order chi connectivity index (χ0) is 19.4. The summed E-state index contributed by atoms with van der Waals surface area (Å²) in [6.45, 7) is 2.77. The summed E-state index contributed by atoms with van der Waals surface area (Å²) in [5, 5.41) is 10.4. The van der Waals surface area contributed by atoms with Crippen LogP contribution < -0.4 is 10.6 Å². The average Bonchev–Trinajstić information content (AvgIpc) is 3.14. The SMILES string of the molecule is Cl.O=C(Cc1ccccc1)NCC(=O)N(Cc1ccsc1)C1CC12CCNCC2. The van der Waals surface area contributed by atoms with E-state index in [-0.39, 0.29) is 36.2 Å². The zero-order valence-corrected chi connectivity index (χ0v) is 18.1. The van der Waals surface area contributed by atoms with Crippen molar-refractivity contribution in [3.8, 4) is 0 Å². The van der Waals surface area contributed by atoms with Crippen LogP contribution in [0.15, 0.2) is 47.2 Å². The molecule has 1 aliphatic heterocycles. The predicted octanol–water partition coefficient (Wildman–Crippen LogP) is 3.00. The molecule has 1 aliphatic carbocycles. The predicted molar refractivity (Wildman–Crippen MR) is 118 cm³/mol. The largest absolute Gasteiger partial charge is 0.347 e. The van der Waals surface area contributed by atoms with E-state index in [0.29, 0.717) is 19.0 Å². The fourth-order valence-corrected chi connectivity index (χ4v) is 4.96. The molecule has 2 aromatic rings. The molecule has 2 aliphatic rings. The number of carbonyl (C=O) groups is 2. The molecule has 2 fully saturated rings. The number of benzene rings is 1. The Morgan fingerprint density at radius 1 is 1.14 bits per heavy atom. The van der Waals surface area contributed by atoms with Gasteiger partial charge in [-0.15, -0.1) is 12.4 Å². The Morgan fingerprint density at radius 3 is 2.59 bits per heavy atom. The second kappa shape index (κ2) is 9.74. The third-order valence-corrected chi connectivity index (χ3v) is 6.75. The summed E-state index contributed by atoms with van der Waals surface area (Å²) in [5.41, 5.74) is 2.41. The quantitative estimate of drug-likeness (QED) is 0.705. The number of nitrogens with one attached hydrogen (secondary N) is 2. The number of hydrogen-bond donors (Lipinski definition) is 2. The monoisotopic (exact) mass is 433 g/mol. The van der Waals surface area contributed by atoms with E-state index in [4.69, 9.17) is 0 Å². The van der Waals surface area contributed by atoms with Gasteiger partial charge in [0.05, 0.1) is 13.0 Å². The molecule has 1 aromatic heterocycles. The first-order chi connectivity index (χ1) is 13.7. The number of hydrogen-bond acceptors (Lipinski definition) is 4. The minimum Gasteiger partial charge on any atom is -0.347 e. The molecule has 1 atom stereocenters. The average molecular weight is 434 g/mol. The van der Waals surface area contributed by atoms with Crippen molar-refractivity contribution in [3.63, 3.8) is 0 Å². The highest BCUT2D eigenvalue weighted by Gasteiger charge is 2.57. The van der Waals surface area contributed by atoms with Crippen LogP contribution in [-0.2, 0) is 22.6 Å². The molecule has 0 radical (unpaired) electrons. The van der Waals surface area contributed by atoms with Crippen molar-refractivity contribution in [1.29, 1.82) is 0 Å². The minimum absolute atomic E-state index is 0. The molecule has 29 heavy (non-hydrogen) atoms. The molecule has 4 rings (SSSR count). The number of rotatable bonds is 7. The van der Waals surface area contributed by atoms with Gasteiger partial charge in [0.2, 0.25) is 11.8 Å². The summed E-state index contributed by atoms with van der Waals surface area (Å²) in [7, 11) is 0. The minimum atomic E-state index is -0.109. The first-order valence-electron chi connectivity index (χ1n) is 9.98. The lowest BCUT2D eigenvalue weighted by Gasteiger charge is -2.29. The molecule has 1 saturated carbocycles. The van der Waals surface area contributed by atoms with Gasteiger partial charge in [-0.2, -0.15) is 11.3 Å². The van der Waals surface area contributed by atoms with E-state index in [1.165, 1.54) is 5.56 Å². The molecule has 2 heterocycles. The van der Waals surface area contributed by atoms with Crippen molar-refractivity contribution in [3.05, 3.63) is 58.3 Å². The van der Waals surface area contributed by atoms with Gasteiger partial charge in [0.1, 0.15) is 0 Å². The van der Waals surface area contributed by atoms with Crippen LogP contribution in [0.1, 0.15) is 30.4 Å². The van der Waals surface area contributed by atoms with Gasteiger partial charge in [0, 0.05) is 12.6 Å². The lowest BCUT2D eigenvalue weighted by molar-refractivity contribution is -0.134. The topological polar surface area (TPSA) is 61.4 Å². The van der Waals surface area contributed by atoms with Gasteiger partial charge >= 0.3 is 0 Å². The molecule has 1 aromatic carbocycles. The summed E-state index contributed by atoms with van der Waals surface area (Å²) >= 11 is 1.65. The Hall–Kier alpha value is -1.89. The third kappa shape index (κ3) is 5.38. The number of nitrogens with zero attached hydrogens (tertiary/aromatic N) is 1. The van der Waals surface area contributed by atoms with Crippen LogP contribution in [0.5, 0.6) is 0 Å². The van der Waals surface area contributed by atoms with E-state index in [9.17, 15) is 9.59 Å². The molecule has 1 spiro atoms. The van der Waals surface area contributed by atoms with Crippen molar-refractivity contribution in [2.45, 2.75) is 38.3 Å². The van der Waals surface area contributed by atoms with E-state index in [1.54, 1.807) is 11.3 Å². The maximum Gasteiger partial charge on any atom is 0.242 e. The molecule has 1 unspecified atom stereocenters. The third-order valence-electron chi connectivity index (χ3n) is 6.02. The van der Waals surface area contributed by atoms with E-state index in [0.717, 1.165) is 37.9 Å². The molecule has 2 amide bonds. The van der Waals surface area contributed by atoms with Gasteiger partial charge in [0.15, 0.2) is 0 Å². The second-order valence-electron chi connectivity index (χ2n) is 7.92. The highest BCUT2D eigenvalue weighted by atomic mass is 35.5. The maximum absolute atomic E-state index is 13.0. The van der Waals surface area contributed by atoms with Gasteiger partial charge < -0.3 is 15.5 Å². The summed E-state index contributed by atoms with van der Waals surface area (Å²) in [4.78, 5) is 27.3. The van der Waals surface area contributed by atoms with E-state index < -0.39 is 0 Å². The Balaban J connectivity index is 0.00000240. The summed E-state index contributed by atoms with van der Waals surface area (Å²) < 4.78 is 0. The summed E-state index contributed by atoms with van der Waals surface area (Å²) in [6.07, 6.45) is 3.65. The Bertz CT molecular complexity index is 807. The van der Waals surface area contributed by atoms with Crippen LogP contribution in [0.3, 0.4) is 0 Å². The van der Waals surface area contributed by atoms with Crippen LogP contribution in [0.4, 0.5) is 0 Å². The van der Waals surface area contributed by atoms with Crippen LogP contribution in [0.2, 0.25) is 0 Å². The second-order valence-corrected chi connectivity index (χ2v) is 8.70. The Kier molecular flexibility index (Phi) is 7.33. The van der Waals surface area contributed by atoms with Crippen LogP contribution >= 0.6 is 23.7 Å². The van der Waals surface area contributed by atoms with E-state index in [1.807, 2.05) is 40.6 Å². The summed E-state index contributed by atoms with van der Waals surface area (Å²) in [6, 6.07) is 12.0. The first-order valence-corrected chi connectivity index (χ1v) is 10.9. The molecular formula is C22H28ClN3O2S. The molecule has 5 nitrogen and oxygen atoms in total. The van der Waals surface area contributed by atoms with Gasteiger partial charge in [-0.3, -0.25) is 9.59 Å². The maximum atomic E-state index is 13.0. The molecule has 2 N–H and O–H groups in total. The zero-order valence-electron chi connectivity index (χ0n) is 16.4. The number of carbonyl (C=O) groups excluding carboxylic acids is 2. The fraction of sp³-hybridized carbons (Fsp3) is 0.455. The molecular weight excluding hydrogens is 406 g/mol.